The molecular weight excluding hydrogens is 258 g/mol. The van der Waals surface area contributed by atoms with Crippen molar-refractivity contribution in [1.29, 1.82) is 0 Å². The Labute approximate surface area is 124 Å². The molecular formula is C19H17NO. The van der Waals surface area contributed by atoms with E-state index in [0.717, 1.165) is 33.0 Å². The van der Waals surface area contributed by atoms with E-state index in [2.05, 4.69) is 24.0 Å². The van der Waals surface area contributed by atoms with Crippen LogP contribution >= 0.6 is 0 Å². The van der Waals surface area contributed by atoms with Crippen molar-refractivity contribution < 1.29 is 4.79 Å². The van der Waals surface area contributed by atoms with Crippen molar-refractivity contribution in [2.75, 3.05) is 0 Å². The number of rotatable bonds is 2. The van der Waals surface area contributed by atoms with Gasteiger partial charge < -0.3 is 0 Å². The molecule has 0 aliphatic heterocycles. The van der Waals surface area contributed by atoms with Crippen LogP contribution in [0.2, 0.25) is 0 Å². The topological polar surface area (TPSA) is 30.0 Å². The quantitative estimate of drug-likeness (QED) is 0.649. The Morgan fingerprint density at radius 2 is 1.71 bits per heavy atom. The van der Waals surface area contributed by atoms with Gasteiger partial charge in [0, 0.05) is 28.9 Å². The number of ketones is 1. The number of pyridine rings is 1. The first-order valence-electron chi connectivity index (χ1n) is 7.03. The predicted molar refractivity (Wildman–Crippen MR) is 85.8 cm³/mol. The summed E-state index contributed by atoms with van der Waals surface area (Å²) in [6.07, 6.45) is 3.52. The van der Waals surface area contributed by atoms with Gasteiger partial charge in [0.15, 0.2) is 5.78 Å². The van der Waals surface area contributed by atoms with E-state index in [0.29, 0.717) is 0 Å². The second kappa shape index (κ2) is 5.13. The molecule has 0 atom stereocenters. The van der Waals surface area contributed by atoms with Gasteiger partial charge in [-0.3, -0.25) is 9.78 Å². The molecule has 0 saturated heterocycles. The van der Waals surface area contributed by atoms with E-state index in [1.54, 1.807) is 12.4 Å². The molecule has 2 aromatic carbocycles. The number of nitrogens with zero attached hydrogens (tertiary/aromatic N) is 1. The zero-order chi connectivity index (χ0) is 15.0. The van der Waals surface area contributed by atoms with Crippen molar-refractivity contribution in [1.82, 2.24) is 4.98 Å². The summed E-state index contributed by atoms with van der Waals surface area (Å²) in [5.74, 6) is 0.0850. The minimum Gasteiger partial charge on any atom is -0.289 e. The van der Waals surface area contributed by atoms with E-state index in [-0.39, 0.29) is 5.78 Å². The number of hydrogen-bond donors (Lipinski definition) is 0. The molecule has 1 heterocycles. The highest BCUT2D eigenvalue weighted by Gasteiger charge is 2.17. The molecule has 0 N–H and O–H groups in total. The lowest BCUT2D eigenvalue weighted by Crippen LogP contribution is -2.07. The maximum atomic E-state index is 13.0. The van der Waals surface area contributed by atoms with E-state index in [9.17, 15) is 4.79 Å². The highest BCUT2D eigenvalue weighted by Crippen LogP contribution is 2.24. The van der Waals surface area contributed by atoms with Gasteiger partial charge in [-0.05, 0) is 43.4 Å². The van der Waals surface area contributed by atoms with Gasteiger partial charge in [-0.2, -0.15) is 0 Å². The largest absolute Gasteiger partial charge is 0.289 e. The maximum absolute atomic E-state index is 13.0. The minimum absolute atomic E-state index is 0.0850. The van der Waals surface area contributed by atoms with Crippen LogP contribution in [0, 0.1) is 20.8 Å². The molecule has 0 radical (unpaired) electrons. The van der Waals surface area contributed by atoms with E-state index in [4.69, 9.17) is 0 Å². The molecule has 0 fully saturated rings. The van der Waals surface area contributed by atoms with Crippen LogP contribution in [0.3, 0.4) is 0 Å². The molecule has 0 bridgehead atoms. The molecule has 0 aliphatic rings. The zero-order valence-electron chi connectivity index (χ0n) is 12.5. The molecule has 104 valence electrons. The molecule has 2 heteroatoms. The zero-order valence-corrected chi connectivity index (χ0v) is 12.5. The second-order valence-electron chi connectivity index (χ2n) is 5.51. The highest BCUT2D eigenvalue weighted by atomic mass is 16.1. The van der Waals surface area contributed by atoms with Gasteiger partial charge in [0.2, 0.25) is 0 Å². The van der Waals surface area contributed by atoms with Gasteiger partial charge in [-0.25, -0.2) is 0 Å². The second-order valence-corrected chi connectivity index (χ2v) is 5.51. The Balaban J connectivity index is 2.22. The summed E-state index contributed by atoms with van der Waals surface area (Å²) in [5, 5.41) is 1.95. The minimum atomic E-state index is 0.0850. The van der Waals surface area contributed by atoms with Gasteiger partial charge in [0.25, 0.3) is 0 Å². The van der Waals surface area contributed by atoms with Crippen molar-refractivity contribution in [2.45, 2.75) is 20.8 Å². The molecule has 1 aromatic heterocycles. The first kappa shape index (κ1) is 13.5. The van der Waals surface area contributed by atoms with Crippen molar-refractivity contribution >= 4 is 16.6 Å². The van der Waals surface area contributed by atoms with Gasteiger partial charge >= 0.3 is 0 Å². The maximum Gasteiger partial charge on any atom is 0.194 e. The first-order valence-corrected chi connectivity index (χ1v) is 7.03. The number of fused-ring (bicyclic) bond motifs is 1. The van der Waals surface area contributed by atoms with Crippen molar-refractivity contribution in [2.24, 2.45) is 0 Å². The molecule has 21 heavy (non-hydrogen) atoms. The molecule has 3 aromatic rings. The lowest BCUT2D eigenvalue weighted by molar-refractivity contribution is 0.103. The summed E-state index contributed by atoms with van der Waals surface area (Å²) in [4.78, 5) is 17.1. The Bertz CT molecular complexity index is 821. The van der Waals surface area contributed by atoms with Crippen molar-refractivity contribution in [3.63, 3.8) is 0 Å². The molecule has 0 saturated carbocycles. The normalized spacial score (nSPS) is 10.8. The van der Waals surface area contributed by atoms with Gasteiger partial charge in [-0.15, -0.1) is 0 Å². The molecule has 0 amide bonds. The summed E-state index contributed by atoms with van der Waals surface area (Å²) in [7, 11) is 0. The summed E-state index contributed by atoms with van der Waals surface area (Å²) in [5.41, 5.74) is 4.80. The fourth-order valence-electron chi connectivity index (χ4n) is 2.99. The molecule has 2 nitrogen and oxygen atoms in total. The molecule has 0 unspecified atom stereocenters. The molecule has 3 rings (SSSR count). The van der Waals surface area contributed by atoms with E-state index in [1.807, 2.05) is 38.1 Å². The van der Waals surface area contributed by atoms with Crippen LogP contribution in [-0.4, -0.2) is 10.8 Å². The third kappa shape index (κ3) is 2.33. The van der Waals surface area contributed by atoms with Gasteiger partial charge in [0.1, 0.15) is 0 Å². The van der Waals surface area contributed by atoms with Crippen molar-refractivity contribution in [3.05, 3.63) is 76.6 Å². The monoisotopic (exact) mass is 275 g/mol. The van der Waals surface area contributed by atoms with Crippen LogP contribution in [0.15, 0.2) is 48.8 Å². The van der Waals surface area contributed by atoms with Gasteiger partial charge in [0.05, 0.1) is 0 Å². The molecule has 0 aliphatic carbocycles. The van der Waals surface area contributed by atoms with E-state index in [1.165, 1.54) is 5.56 Å². The summed E-state index contributed by atoms with van der Waals surface area (Å²) >= 11 is 0. The van der Waals surface area contributed by atoms with Crippen LogP contribution in [-0.2, 0) is 0 Å². The SMILES string of the molecule is Cc1cc(C)c(C(=O)c2cccc3cnccc23)c(C)c1. The fraction of sp³-hybridized carbons (Fsp3) is 0.158. The van der Waals surface area contributed by atoms with E-state index < -0.39 is 0 Å². The third-order valence-electron chi connectivity index (χ3n) is 3.83. The Morgan fingerprint density at radius 1 is 1.00 bits per heavy atom. The van der Waals surface area contributed by atoms with Crippen LogP contribution < -0.4 is 0 Å². The number of aryl methyl sites for hydroxylation is 3. The lowest BCUT2D eigenvalue weighted by Gasteiger charge is -2.12. The Hall–Kier alpha value is -2.48. The standard InChI is InChI=1S/C19H17NO/c1-12-9-13(2)18(14(3)10-12)19(21)17-6-4-5-15-11-20-8-7-16(15)17/h4-11H,1-3H3. The number of aromatic nitrogens is 1. The number of carbonyl (C=O) groups excluding carboxylic acids is 1. The fourth-order valence-corrected chi connectivity index (χ4v) is 2.99. The summed E-state index contributed by atoms with van der Waals surface area (Å²) in [6, 6.07) is 11.8. The van der Waals surface area contributed by atoms with E-state index >= 15 is 0 Å². The van der Waals surface area contributed by atoms with Crippen LogP contribution in [0.4, 0.5) is 0 Å². The molecule has 0 spiro atoms. The van der Waals surface area contributed by atoms with Crippen LogP contribution in [0.1, 0.15) is 32.6 Å². The third-order valence-corrected chi connectivity index (χ3v) is 3.83. The summed E-state index contributed by atoms with van der Waals surface area (Å²) < 4.78 is 0. The number of carbonyl (C=O) groups is 1. The van der Waals surface area contributed by atoms with Gasteiger partial charge in [-0.1, -0.05) is 35.9 Å². The summed E-state index contributed by atoms with van der Waals surface area (Å²) in [6.45, 7) is 6.05. The van der Waals surface area contributed by atoms with Crippen LogP contribution in [0.25, 0.3) is 10.8 Å². The lowest BCUT2D eigenvalue weighted by atomic mass is 9.91. The number of hydrogen-bond acceptors (Lipinski definition) is 2. The van der Waals surface area contributed by atoms with Crippen LogP contribution in [0.5, 0.6) is 0 Å². The number of benzene rings is 2. The highest BCUT2D eigenvalue weighted by molar-refractivity contribution is 6.17. The smallest absolute Gasteiger partial charge is 0.194 e. The Kier molecular flexibility index (Phi) is 3.30. The predicted octanol–water partition coefficient (Wildman–Crippen LogP) is 4.39. The first-order chi connectivity index (χ1) is 10.1. The average molecular weight is 275 g/mol. The average Bonchev–Trinajstić information content (AvgIpc) is 2.45. The Morgan fingerprint density at radius 3 is 2.43 bits per heavy atom. The van der Waals surface area contributed by atoms with Crippen molar-refractivity contribution in [3.8, 4) is 0 Å².